The lowest BCUT2D eigenvalue weighted by atomic mass is 10.1. The molecule has 2 aromatic rings. The number of nitriles is 1. The molecule has 0 aliphatic rings. The maximum Gasteiger partial charge on any atom is 0.373 e. The minimum Gasteiger partial charge on any atom is -0.463 e. The maximum absolute atomic E-state index is 11.6. The Morgan fingerprint density at radius 2 is 1.96 bits per heavy atom. The fraction of sp³-hybridized carbons (Fsp3) is 0.118. The van der Waals surface area contributed by atoms with Crippen LogP contribution in [0.5, 0.6) is 0 Å². The van der Waals surface area contributed by atoms with Gasteiger partial charge >= 0.3 is 11.9 Å². The van der Waals surface area contributed by atoms with Crippen LogP contribution in [-0.4, -0.2) is 19.0 Å². The molecule has 1 aromatic heterocycles. The van der Waals surface area contributed by atoms with Crippen molar-refractivity contribution in [2.24, 2.45) is 0 Å². The SMILES string of the molecule is COC(=O)c1ccc(COC(=O)/C=C/c2ccc(C#N)cc2)o1. The second-order valence-electron chi connectivity index (χ2n) is 4.43. The summed E-state index contributed by atoms with van der Waals surface area (Å²) in [5.74, 6) is -0.758. The third-order valence-corrected chi connectivity index (χ3v) is 2.86. The average Bonchev–Trinajstić information content (AvgIpc) is 3.07. The van der Waals surface area contributed by atoms with Crippen LogP contribution in [0.3, 0.4) is 0 Å². The van der Waals surface area contributed by atoms with E-state index in [2.05, 4.69) is 4.74 Å². The predicted octanol–water partition coefficient (Wildman–Crippen LogP) is 2.69. The van der Waals surface area contributed by atoms with E-state index in [-0.39, 0.29) is 12.4 Å². The van der Waals surface area contributed by atoms with Gasteiger partial charge in [0.05, 0.1) is 18.7 Å². The highest BCUT2D eigenvalue weighted by Crippen LogP contribution is 2.11. The quantitative estimate of drug-likeness (QED) is 0.623. The van der Waals surface area contributed by atoms with Crippen LogP contribution in [0.2, 0.25) is 0 Å². The Bertz CT molecular complexity index is 765. The van der Waals surface area contributed by atoms with Gasteiger partial charge in [-0.2, -0.15) is 5.26 Å². The van der Waals surface area contributed by atoms with Crippen LogP contribution in [0, 0.1) is 11.3 Å². The molecular formula is C17H13NO5. The fourth-order valence-electron chi connectivity index (χ4n) is 1.69. The molecule has 23 heavy (non-hydrogen) atoms. The molecule has 0 radical (unpaired) electrons. The smallest absolute Gasteiger partial charge is 0.373 e. The third-order valence-electron chi connectivity index (χ3n) is 2.86. The molecule has 0 saturated carbocycles. The van der Waals surface area contributed by atoms with Crippen molar-refractivity contribution >= 4 is 18.0 Å². The van der Waals surface area contributed by atoms with Gasteiger partial charge in [-0.15, -0.1) is 0 Å². The lowest BCUT2D eigenvalue weighted by molar-refractivity contribution is -0.139. The van der Waals surface area contributed by atoms with Gasteiger partial charge in [0.15, 0.2) is 0 Å². The summed E-state index contributed by atoms with van der Waals surface area (Å²) in [5, 5.41) is 8.70. The Balaban J connectivity index is 1.87. The first-order valence-electron chi connectivity index (χ1n) is 6.64. The molecule has 0 aliphatic heterocycles. The van der Waals surface area contributed by atoms with E-state index in [0.717, 1.165) is 5.56 Å². The van der Waals surface area contributed by atoms with Gasteiger partial charge in [-0.3, -0.25) is 0 Å². The number of ether oxygens (including phenoxy) is 2. The van der Waals surface area contributed by atoms with Crippen LogP contribution in [0.15, 0.2) is 46.9 Å². The van der Waals surface area contributed by atoms with Gasteiger partial charge < -0.3 is 13.9 Å². The zero-order valence-corrected chi connectivity index (χ0v) is 12.3. The Kier molecular flexibility index (Phi) is 5.31. The highest BCUT2D eigenvalue weighted by molar-refractivity contribution is 5.87. The van der Waals surface area contributed by atoms with Crippen LogP contribution in [0.4, 0.5) is 0 Å². The molecule has 0 atom stereocenters. The zero-order chi connectivity index (χ0) is 16.7. The minimum absolute atomic E-state index is 0.0478. The van der Waals surface area contributed by atoms with Crippen molar-refractivity contribution in [3.8, 4) is 6.07 Å². The minimum atomic E-state index is -0.594. The maximum atomic E-state index is 11.6. The van der Waals surface area contributed by atoms with E-state index in [4.69, 9.17) is 14.4 Å². The largest absolute Gasteiger partial charge is 0.463 e. The second-order valence-corrected chi connectivity index (χ2v) is 4.43. The second kappa shape index (κ2) is 7.61. The topological polar surface area (TPSA) is 89.5 Å². The molecule has 0 spiro atoms. The van der Waals surface area contributed by atoms with Crippen molar-refractivity contribution in [3.05, 3.63) is 65.1 Å². The molecule has 116 valence electrons. The molecule has 1 aromatic carbocycles. The number of carbonyl (C=O) groups excluding carboxylic acids is 2. The van der Waals surface area contributed by atoms with E-state index >= 15 is 0 Å². The van der Waals surface area contributed by atoms with Crippen molar-refractivity contribution in [3.63, 3.8) is 0 Å². The number of furan rings is 1. The molecule has 0 saturated heterocycles. The van der Waals surface area contributed by atoms with Gasteiger partial charge in [0.1, 0.15) is 12.4 Å². The van der Waals surface area contributed by atoms with Crippen LogP contribution < -0.4 is 0 Å². The Labute approximate surface area is 132 Å². The van der Waals surface area contributed by atoms with E-state index in [1.807, 2.05) is 6.07 Å². The van der Waals surface area contributed by atoms with Gasteiger partial charge in [-0.1, -0.05) is 12.1 Å². The summed E-state index contributed by atoms with van der Waals surface area (Å²) >= 11 is 0. The van der Waals surface area contributed by atoms with Crippen molar-refractivity contribution in [1.82, 2.24) is 0 Å². The molecule has 0 aliphatic carbocycles. The Hall–Kier alpha value is -3.33. The lowest BCUT2D eigenvalue weighted by Gasteiger charge is -1.99. The number of carbonyl (C=O) groups is 2. The first-order chi connectivity index (χ1) is 11.1. The van der Waals surface area contributed by atoms with Gasteiger partial charge in [0.25, 0.3) is 0 Å². The standard InChI is InChI=1S/C17H13NO5/c1-21-17(20)15-8-7-14(23-15)11-22-16(19)9-6-12-2-4-13(10-18)5-3-12/h2-9H,11H2,1H3/b9-6+. The van der Waals surface area contributed by atoms with E-state index in [1.165, 1.54) is 25.3 Å². The zero-order valence-electron chi connectivity index (χ0n) is 12.3. The number of esters is 2. The summed E-state index contributed by atoms with van der Waals surface area (Å²) in [5.41, 5.74) is 1.32. The average molecular weight is 311 g/mol. The number of nitrogens with zero attached hydrogens (tertiary/aromatic N) is 1. The van der Waals surface area contributed by atoms with Crippen molar-refractivity contribution < 1.29 is 23.5 Å². The van der Waals surface area contributed by atoms with E-state index in [9.17, 15) is 9.59 Å². The normalized spacial score (nSPS) is 10.3. The van der Waals surface area contributed by atoms with Crippen LogP contribution >= 0.6 is 0 Å². The Morgan fingerprint density at radius 3 is 2.61 bits per heavy atom. The highest BCUT2D eigenvalue weighted by atomic mass is 16.5. The molecule has 0 fully saturated rings. The lowest BCUT2D eigenvalue weighted by Crippen LogP contribution is -2.01. The van der Waals surface area contributed by atoms with Crippen molar-refractivity contribution in [2.45, 2.75) is 6.61 Å². The fourth-order valence-corrected chi connectivity index (χ4v) is 1.69. The first kappa shape index (κ1) is 16.0. The third kappa shape index (κ3) is 4.58. The monoisotopic (exact) mass is 311 g/mol. The molecule has 2 rings (SSSR count). The van der Waals surface area contributed by atoms with Gasteiger partial charge in [-0.05, 0) is 35.9 Å². The van der Waals surface area contributed by atoms with Crippen LogP contribution in [-0.2, 0) is 20.9 Å². The number of hydrogen-bond acceptors (Lipinski definition) is 6. The van der Waals surface area contributed by atoms with Gasteiger partial charge in [0, 0.05) is 6.08 Å². The summed E-state index contributed by atoms with van der Waals surface area (Å²) in [6, 6.07) is 11.7. The first-order valence-corrected chi connectivity index (χ1v) is 6.64. The molecule has 6 heteroatoms. The molecule has 0 unspecified atom stereocenters. The number of rotatable bonds is 5. The van der Waals surface area contributed by atoms with Crippen molar-refractivity contribution in [2.75, 3.05) is 7.11 Å². The summed E-state index contributed by atoms with van der Waals surface area (Å²) in [4.78, 5) is 22.8. The number of methoxy groups -OCH3 is 1. The van der Waals surface area contributed by atoms with E-state index in [1.54, 1.807) is 30.3 Å². The summed E-state index contributed by atoms with van der Waals surface area (Å²) in [6.45, 7) is -0.0897. The molecule has 0 bridgehead atoms. The molecular weight excluding hydrogens is 298 g/mol. The summed E-state index contributed by atoms with van der Waals surface area (Å²) < 4.78 is 14.7. The Morgan fingerprint density at radius 1 is 1.22 bits per heavy atom. The number of benzene rings is 1. The van der Waals surface area contributed by atoms with Gasteiger partial charge in [-0.25, -0.2) is 9.59 Å². The molecule has 6 nitrogen and oxygen atoms in total. The molecule has 1 heterocycles. The van der Waals surface area contributed by atoms with Crippen LogP contribution in [0.1, 0.15) is 27.4 Å². The number of hydrogen-bond donors (Lipinski definition) is 0. The highest BCUT2D eigenvalue weighted by Gasteiger charge is 2.11. The predicted molar refractivity (Wildman–Crippen MR) is 80.0 cm³/mol. The van der Waals surface area contributed by atoms with E-state index < -0.39 is 11.9 Å². The van der Waals surface area contributed by atoms with E-state index in [0.29, 0.717) is 11.3 Å². The molecule has 0 amide bonds. The van der Waals surface area contributed by atoms with Crippen LogP contribution in [0.25, 0.3) is 6.08 Å². The molecule has 0 N–H and O–H groups in total. The summed E-state index contributed by atoms with van der Waals surface area (Å²) in [7, 11) is 1.25. The van der Waals surface area contributed by atoms with Crippen molar-refractivity contribution in [1.29, 1.82) is 5.26 Å². The summed E-state index contributed by atoms with van der Waals surface area (Å²) in [6.07, 6.45) is 2.84. The van der Waals surface area contributed by atoms with Gasteiger partial charge in [0.2, 0.25) is 5.76 Å².